The van der Waals surface area contributed by atoms with Gasteiger partial charge in [0.25, 0.3) is 0 Å². The number of halogens is 1. The molecule has 3 aromatic carbocycles. The van der Waals surface area contributed by atoms with Gasteiger partial charge < -0.3 is 4.74 Å². The smallest absolute Gasteiger partial charge is 0.183 e. The highest BCUT2D eigenvalue weighted by molar-refractivity contribution is 8.13. The molecule has 124 valence electrons. The van der Waals surface area contributed by atoms with E-state index in [1.54, 1.807) is 18.2 Å². The van der Waals surface area contributed by atoms with Crippen LogP contribution in [0.4, 0.5) is 5.69 Å². The molecule has 0 spiro atoms. The zero-order valence-electron chi connectivity index (χ0n) is 13.4. The fraction of sp³-hybridized carbons (Fsp3) is 0.0526. The number of amidine groups is 1. The molecule has 0 aliphatic rings. The Bertz CT molecular complexity index is 982. The molecule has 3 aromatic rings. The standard InChI is InChI=1S/C19H14ClN3OS/c1-25-19(22-12-21)23-15-7-9-18(17(20)11-15)24-16-8-6-13-4-2-3-5-14(13)10-16/h2-11H,1H3,(H,22,23). The minimum atomic E-state index is 0.451. The Morgan fingerprint density at radius 2 is 1.92 bits per heavy atom. The number of thioether (sulfide) groups is 1. The van der Waals surface area contributed by atoms with Crippen LogP contribution in [0.15, 0.2) is 65.7 Å². The van der Waals surface area contributed by atoms with Crippen LogP contribution in [-0.2, 0) is 0 Å². The minimum Gasteiger partial charge on any atom is -0.456 e. The van der Waals surface area contributed by atoms with E-state index < -0.39 is 0 Å². The number of fused-ring (bicyclic) bond motifs is 1. The van der Waals surface area contributed by atoms with Crippen molar-refractivity contribution in [3.63, 3.8) is 0 Å². The third-order valence-corrected chi connectivity index (χ3v) is 4.33. The van der Waals surface area contributed by atoms with Crippen molar-refractivity contribution in [3.8, 4) is 17.7 Å². The van der Waals surface area contributed by atoms with Crippen LogP contribution in [0.3, 0.4) is 0 Å². The lowest BCUT2D eigenvalue weighted by Crippen LogP contribution is -2.12. The summed E-state index contributed by atoms with van der Waals surface area (Å²) in [7, 11) is 0. The molecule has 0 atom stereocenters. The highest BCUT2D eigenvalue weighted by atomic mass is 35.5. The molecule has 0 unspecified atom stereocenters. The average Bonchev–Trinajstić information content (AvgIpc) is 2.63. The van der Waals surface area contributed by atoms with E-state index in [-0.39, 0.29) is 0 Å². The first-order chi connectivity index (χ1) is 12.2. The largest absolute Gasteiger partial charge is 0.456 e. The summed E-state index contributed by atoms with van der Waals surface area (Å²) >= 11 is 7.66. The minimum absolute atomic E-state index is 0.451. The van der Waals surface area contributed by atoms with E-state index >= 15 is 0 Å². The third kappa shape index (κ3) is 4.24. The fourth-order valence-corrected chi connectivity index (χ4v) is 2.85. The van der Waals surface area contributed by atoms with Crippen LogP contribution in [-0.4, -0.2) is 11.4 Å². The predicted molar refractivity (Wildman–Crippen MR) is 105 cm³/mol. The number of nitrogens with one attached hydrogen (secondary N) is 1. The molecule has 1 N–H and O–H groups in total. The second kappa shape index (κ2) is 7.93. The van der Waals surface area contributed by atoms with E-state index in [9.17, 15) is 0 Å². The van der Waals surface area contributed by atoms with E-state index in [4.69, 9.17) is 21.6 Å². The van der Waals surface area contributed by atoms with Crippen molar-refractivity contribution in [2.24, 2.45) is 4.99 Å². The first kappa shape index (κ1) is 17.2. The molecular weight excluding hydrogens is 354 g/mol. The van der Waals surface area contributed by atoms with Crippen LogP contribution >= 0.6 is 23.4 Å². The maximum atomic E-state index is 8.68. The monoisotopic (exact) mass is 367 g/mol. The summed E-state index contributed by atoms with van der Waals surface area (Å²) < 4.78 is 5.90. The first-order valence-electron chi connectivity index (χ1n) is 7.43. The summed E-state index contributed by atoms with van der Waals surface area (Å²) in [5, 5.41) is 14.4. The molecule has 0 bridgehead atoms. The molecule has 3 rings (SSSR count). The number of hydrogen-bond acceptors (Lipinski definition) is 4. The topological polar surface area (TPSA) is 57.4 Å². The summed E-state index contributed by atoms with van der Waals surface area (Å²) in [6.45, 7) is 0. The molecule has 6 heteroatoms. The maximum Gasteiger partial charge on any atom is 0.183 e. The van der Waals surface area contributed by atoms with Crippen molar-refractivity contribution in [1.82, 2.24) is 5.32 Å². The number of rotatable bonds is 3. The molecule has 4 nitrogen and oxygen atoms in total. The number of aliphatic imine (C=N–C) groups is 1. The Balaban J connectivity index is 1.84. The van der Waals surface area contributed by atoms with Crippen LogP contribution in [0.1, 0.15) is 0 Å². The van der Waals surface area contributed by atoms with Gasteiger partial charge in [-0.05, 0) is 47.4 Å². The molecule has 0 saturated carbocycles. The number of hydrogen-bond donors (Lipinski definition) is 1. The molecule has 0 fully saturated rings. The maximum absolute atomic E-state index is 8.68. The third-order valence-electron chi connectivity index (χ3n) is 3.45. The van der Waals surface area contributed by atoms with E-state index in [0.717, 1.165) is 10.8 Å². The normalized spacial score (nSPS) is 11.2. The van der Waals surface area contributed by atoms with Crippen LogP contribution in [0, 0.1) is 11.5 Å². The molecule has 0 saturated heterocycles. The SMILES string of the molecule is CSC(=Nc1ccc(Oc2ccc3ccccc3c2)c(Cl)c1)NC#N. The van der Waals surface area contributed by atoms with Crippen LogP contribution in [0.5, 0.6) is 11.5 Å². The zero-order valence-corrected chi connectivity index (χ0v) is 14.9. The van der Waals surface area contributed by atoms with Crippen molar-refractivity contribution in [2.45, 2.75) is 0 Å². The zero-order chi connectivity index (χ0) is 17.6. The summed E-state index contributed by atoms with van der Waals surface area (Å²) in [5.74, 6) is 1.27. The highest BCUT2D eigenvalue weighted by Crippen LogP contribution is 2.33. The Hall–Kier alpha value is -2.68. The van der Waals surface area contributed by atoms with Gasteiger partial charge in [-0.1, -0.05) is 53.7 Å². The van der Waals surface area contributed by atoms with Crippen LogP contribution < -0.4 is 10.1 Å². The number of ether oxygens (including phenoxy) is 1. The summed E-state index contributed by atoms with van der Waals surface area (Å²) in [6, 6.07) is 19.2. The Morgan fingerprint density at radius 3 is 2.64 bits per heavy atom. The molecule has 0 aliphatic carbocycles. The second-order valence-corrected chi connectivity index (χ2v) is 6.29. The lowest BCUT2D eigenvalue weighted by atomic mass is 10.1. The van der Waals surface area contributed by atoms with E-state index in [1.165, 1.54) is 11.8 Å². The van der Waals surface area contributed by atoms with Gasteiger partial charge in [-0.3, -0.25) is 5.32 Å². The highest BCUT2D eigenvalue weighted by Gasteiger charge is 2.06. The number of benzene rings is 3. The summed E-state index contributed by atoms with van der Waals surface area (Å²) in [5.41, 5.74) is 0.642. The number of nitriles is 1. The van der Waals surface area contributed by atoms with E-state index in [2.05, 4.69) is 16.4 Å². The van der Waals surface area contributed by atoms with Crippen molar-refractivity contribution in [2.75, 3.05) is 6.26 Å². The lowest BCUT2D eigenvalue weighted by Gasteiger charge is -2.09. The van der Waals surface area contributed by atoms with Gasteiger partial charge in [0.1, 0.15) is 11.5 Å². The average molecular weight is 368 g/mol. The van der Waals surface area contributed by atoms with E-state index in [0.29, 0.717) is 27.4 Å². The fourth-order valence-electron chi connectivity index (χ4n) is 2.29. The lowest BCUT2D eigenvalue weighted by molar-refractivity contribution is 0.484. The quantitative estimate of drug-likeness (QED) is 0.279. The Kier molecular flexibility index (Phi) is 5.44. The van der Waals surface area contributed by atoms with Gasteiger partial charge in [0.05, 0.1) is 10.7 Å². The van der Waals surface area contributed by atoms with Crippen molar-refractivity contribution >= 4 is 45.0 Å². The van der Waals surface area contributed by atoms with Crippen LogP contribution in [0.2, 0.25) is 5.02 Å². The van der Waals surface area contributed by atoms with Gasteiger partial charge in [-0.25, -0.2) is 4.99 Å². The molecule has 25 heavy (non-hydrogen) atoms. The van der Waals surface area contributed by atoms with E-state index in [1.807, 2.05) is 48.8 Å². The Morgan fingerprint density at radius 1 is 1.12 bits per heavy atom. The summed E-state index contributed by atoms with van der Waals surface area (Å²) in [4.78, 5) is 4.32. The summed E-state index contributed by atoms with van der Waals surface area (Å²) in [6.07, 6.45) is 3.69. The van der Waals surface area contributed by atoms with Crippen LogP contribution in [0.25, 0.3) is 10.8 Å². The van der Waals surface area contributed by atoms with Gasteiger partial charge >= 0.3 is 0 Å². The van der Waals surface area contributed by atoms with Gasteiger partial charge in [0.2, 0.25) is 0 Å². The van der Waals surface area contributed by atoms with Gasteiger partial charge in [-0.15, -0.1) is 0 Å². The Labute approximate surface area is 155 Å². The van der Waals surface area contributed by atoms with Gasteiger partial charge in [0, 0.05) is 0 Å². The van der Waals surface area contributed by atoms with Gasteiger partial charge in [-0.2, -0.15) is 5.26 Å². The van der Waals surface area contributed by atoms with Crippen molar-refractivity contribution in [3.05, 3.63) is 65.7 Å². The molecule has 0 amide bonds. The molecular formula is C19H14ClN3OS. The predicted octanol–water partition coefficient (Wildman–Crippen LogP) is 5.71. The molecule has 0 radical (unpaired) electrons. The molecule has 0 aliphatic heterocycles. The number of nitrogens with zero attached hydrogens (tertiary/aromatic N) is 2. The van der Waals surface area contributed by atoms with Gasteiger partial charge in [0.15, 0.2) is 11.4 Å². The second-order valence-electron chi connectivity index (χ2n) is 5.08. The van der Waals surface area contributed by atoms with Crippen molar-refractivity contribution < 1.29 is 4.74 Å². The molecule has 0 aromatic heterocycles. The van der Waals surface area contributed by atoms with Crippen molar-refractivity contribution in [1.29, 1.82) is 5.26 Å². The first-order valence-corrected chi connectivity index (χ1v) is 9.04. The molecule has 0 heterocycles.